The van der Waals surface area contributed by atoms with Gasteiger partial charge in [0.2, 0.25) is 5.91 Å². The molecule has 0 radical (unpaired) electrons. The molecule has 2 aromatic rings. The van der Waals surface area contributed by atoms with Gasteiger partial charge in [0.05, 0.1) is 12.6 Å². The first kappa shape index (κ1) is 14.3. The third kappa shape index (κ3) is 2.86. The molecule has 1 amide bonds. The molecule has 6 nitrogen and oxygen atoms in total. The molecule has 1 aliphatic rings. The van der Waals surface area contributed by atoms with Gasteiger partial charge in [0.25, 0.3) is 0 Å². The molecule has 6 heteroatoms. The molecular formula is C16H19N5O. The van der Waals surface area contributed by atoms with Gasteiger partial charge in [-0.3, -0.25) is 4.79 Å². The van der Waals surface area contributed by atoms with E-state index in [-0.39, 0.29) is 5.91 Å². The van der Waals surface area contributed by atoms with Gasteiger partial charge < -0.3 is 10.6 Å². The minimum Gasteiger partial charge on any atom is -0.370 e. The van der Waals surface area contributed by atoms with Gasteiger partial charge in [-0.05, 0) is 23.6 Å². The van der Waals surface area contributed by atoms with E-state index in [1.165, 1.54) is 0 Å². The molecule has 1 saturated heterocycles. The van der Waals surface area contributed by atoms with E-state index in [0.29, 0.717) is 18.0 Å². The molecule has 0 atom stereocenters. The predicted octanol–water partition coefficient (Wildman–Crippen LogP) is 2.21. The van der Waals surface area contributed by atoms with E-state index in [4.69, 9.17) is 0 Å². The maximum atomic E-state index is 11.4. The van der Waals surface area contributed by atoms with Crippen molar-refractivity contribution in [3.8, 4) is 0 Å². The van der Waals surface area contributed by atoms with Crippen molar-refractivity contribution < 1.29 is 4.79 Å². The summed E-state index contributed by atoms with van der Waals surface area (Å²) in [5.41, 5.74) is 3.16. The number of anilines is 1. The second kappa shape index (κ2) is 5.63. The first-order valence-electron chi connectivity index (χ1n) is 7.31. The number of rotatable bonds is 4. The summed E-state index contributed by atoms with van der Waals surface area (Å²) in [7, 11) is 0. The lowest BCUT2D eigenvalue weighted by molar-refractivity contribution is -0.118. The van der Waals surface area contributed by atoms with Crippen molar-refractivity contribution in [2.75, 3.05) is 11.9 Å². The summed E-state index contributed by atoms with van der Waals surface area (Å²) >= 11 is 0. The van der Waals surface area contributed by atoms with E-state index in [9.17, 15) is 4.79 Å². The van der Waals surface area contributed by atoms with Crippen LogP contribution in [0.3, 0.4) is 0 Å². The zero-order valence-corrected chi connectivity index (χ0v) is 12.8. The fourth-order valence-corrected chi connectivity index (χ4v) is 2.29. The summed E-state index contributed by atoms with van der Waals surface area (Å²) in [6.07, 6.45) is 5.89. The number of carbonyl (C=O) groups is 1. The molecular weight excluding hydrogens is 278 g/mol. The Bertz CT molecular complexity index is 772. The Balaban J connectivity index is 1.93. The molecule has 1 fully saturated rings. The molecule has 3 rings (SSSR count). The van der Waals surface area contributed by atoms with Crippen LogP contribution in [0.1, 0.15) is 25.8 Å². The Labute approximate surface area is 128 Å². The largest absolute Gasteiger partial charge is 0.370 e. The highest BCUT2D eigenvalue weighted by Crippen LogP contribution is 2.22. The van der Waals surface area contributed by atoms with E-state index in [2.05, 4.69) is 41.1 Å². The Morgan fingerprint density at radius 2 is 2.36 bits per heavy atom. The Kier molecular flexibility index (Phi) is 3.66. The number of nitrogens with zero attached hydrogens (tertiary/aromatic N) is 3. The SMILES string of the molecule is C=C1NC(=O)C/C1=C\c1cnn2ccc(NCC(C)C)nc12. The van der Waals surface area contributed by atoms with E-state index in [1.54, 1.807) is 10.7 Å². The molecule has 0 aliphatic carbocycles. The van der Waals surface area contributed by atoms with Crippen molar-refractivity contribution in [2.24, 2.45) is 5.92 Å². The zero-order chi connectivity index (χ0) is 15.7. The summed E-state index contributed by atoms with van der Waals surface area (Å²) in [5.74, 6) is 1.34. The monoisotopic (exact) mass is 297 g/mol. The average Bonchev–Trinajstić information content (AvgIpc) is 3.00. The van der Waals surface area contributed by atoms with Gasteiger partial charge in [-0.2, -0.15) is 5.10 Å². The fraction of sp³-hybridized carbons (Fsp3) is 0.312. The van der Waals surface area contributed by atoms with Crippen molar-refractivity contribution in [3.63, 3.8) is 0 Å². The van der Waals surface area contributed by atoms with E-state index in [1.807, 2.05) is 18.3 Å². The lowest BCUT2D eigenvalue weighted by Crippen LogP contribution is -2.10. The number of allylic oxidation sites excluding steroid dienone is 1. The van der Waals surface area contributed by atoms with Gasteiger partial charge in [-0.25, -0.2) is 9.50 Å². The minimum absolute atomic E-state index is 0.0278. The summed E-state index contributed by atoms with van der Waals surface area (Å²) in [4.78, 5) is 16.0. The third-order valence-electron chi connectivity index (χ3n) is 3.45. The maximum absolute atomic E-state index is 11.4. The Morgan fingerprint density at radius 3 is 3.05 bits per heavy atom. The highest BCUT2D eigenvalue weighted by molar-refractivity contribution is 5.89. The molecule has 0 saturated carbocycles. The number of nitrogens with one attached hydrogen (secondary N) is 2. The van der Waals surface area contributed by atoms with Gasteiger partial charge >= 0.3 is 0 Å². The smallest absolute Gasteiger partial charge is 0.228 e. The molecule has 0 spiro atoms. The van der Waals surface area contributed by atoms with Crippen LogP contribution in [-0.4, -0.2) is 27.0 Å². The molecule has 0 unspecified atom stereocenters. The molecule has 3 heterocycles. The normalized spacial score (nSPS) is 16.8. The van der Waals surface area contributed by atoms with Crippen molar-refractivity contribution in [3.05, 3.63) is 41.9 Å². The fourth-order valence-electron chi connectivity index (χ4n) is 2.29. The van der Waals surface area contributed by atoms with Crippen LogP contribution < -0.4 is 10.6 Å². The van der Waals surface area contributed by atoms with E-state index in [0.717, 1.165) is 29.1 Å². The van der Waals surface area contributed by atoms with Gasteiger partial charge in [-0.15, -0.1) is 0 Å². The Morgan fingerprint density at radius 1 is 1.55 bits per heavy atom. The molecule has 22 heavy (non-hydrogen) atoms. The van der Waals surface area contributed by atoms with Crippen molar-refractivity contribution in [1.82, 2.24) is 19.9 Å². The summed E-state index contributed by atoms with van der Waals surface area (Å²) in [5, 5.41) is 10.3. The van der Waals surface area contributed by atoms with Crippen molar-refractivity contribution in [2.45, 2.75) is 20.3 Å². The van der Waals surface area contributed by atoms with Crippen molar-refractivity contribution in [1.29, 1.82) is 0 Å². The molecule has 0 aromatic carbocycles. The lowest BCUT2D eigenvalue weighted by atomic mass is 10.1. The number of fused-ring (bicyclic) bond motifs is 1. The average molecular weight is 297 g/mol. The minimum atomic E-state index is -0.0278. The quantitative estimate of drug-likeness (QED) is 0.907. The van der Waals surface area contributed by atoms with Gasteiger partial charge in [-0.1, -0.05) is 20.4 Å². The Hall–Kier alpha value is -2.63. The topological polar surface area (TPSA) is 71.3 Å². The van der Waals surface area contributed by atoms with Gasteiger partial charge in [0.15, 0.2) is 5.65 Å². The van der Waals surface area contributed by atoms with Crippen LogP contribution >= 0.6 is 0 Å². The van der Waals surface area contributed by atoms with Crippen LogP contribution in [-0.2, 0) is 4.79 Å². The lowest BCUT2D eigenvalue weighted by Gasteiger charge is -2.08. The number of aromatic nitrogens is 3. The van der Waals surface area contributed by atoms with Crippen LogP contribution in [0.4, 0.5) is 5.82 Å². The highest BCUT2D eigenvalue weighted by Gasteiger charge is 2.19. The van der Waals surface area contributed by atoms with Crippen LogP contribution in [0, 0.1) is 5.92 Å². The summed E-state index contributed by atoms with van der Waals surface area (Å²) in [6.45, 7) is 9.01. The molecule has 114 valence electrons. The third-order valence-corrected chi connectivity index (χ3v) is 3.45. The molecule has 1 aliphatic heterocycles. The standard InChI is InChI=1S/C16H19N5O/c1-10(2)8-17-14-4-5-21-16(20-14)13(9-18-21)6-12-7-15(22)19-11(12)3/h4-6,9-10H,3,7-8H2,1-2H3,(H,17,20)(H,19,22)/b12-6+. The van der Waals surface area contributed by atoms with Crippen LogP contribution in [0.15, 0.2) is 36.3 Å². The number of carbonyl (C=O) groups excluding carboxylic acids is 1. The zero-order valence-electron chi connectivity index (χ0n) is 12.8. The summed E-state index contributed by atoms with van der Waals surface area (Å²) < 4.78 is 1.72. The van der Waals surface area contributed by atoms with Crippen LogP contribution in [0.25, 0.3) is 11.7 Å². The first-order valence-corrected chi connectivity index (χ1v) is 7.31. The maximum Gasteiger partial charge on any atom is 0.228 e. The number of amides is 1. The van der Waals surface area contributed by atoms with E-state index < -0.39 is 0 Å². The highest BCUT2D eigenvalue weighted by atomic mass is 16.1. The number of hydrogen-bond acceptors (Lipinski definition) is 4. The van der Waals surface area contributed by atoms with Crippen LogP contribution in [0.2, 0.25) is 0 Å². The number of hydrogen-bond donors (Lipinski definition) is 2. The molecule has 2 aromatic heterocycles. The van der Waals surface area contributed by atoms with Gasteiger partial charge in [0.1, 0.15) is 5.82 Å². The van der Waals surface area contributed by atoms with Crippen LogP contribution in [0.5, 0.6) is 0 Å². The van der Waals surface area contributed by atoms with Gasteiger partial charge in [0, 0.05) is 24.0 Å². The molecule has 0 bridgehead atoms. The second-order valence-corrected chi connectivity index (χ2v) is 5.83. The predicted molar refractivity (Wildman–Crippen MR) is 86.2 cm³/mol. The summed E-state index contributed by atoms with van der Waals surface area (Å²) in [6, 6.07) is 1.90. The van der Waals surface area contributed by atoms with Crippen molar-refractivity contribution >= 4 is 23.4 Å². The second-order valence-electron chi connectivity index (χ2n) is 5.83. The molecule has 2 N–H and O–H groups in total. The van der Waals surface area contributed by atoms with E-state index >= 15 is 0 Å². The first-order chi connectivity index (χ1) is 10.5.